The molecule has 0 saturated heterocycles. The number of benzene rings is 3. The lowest BCUT2D eigenvalue weighted by Crippen LogP contribution is -2.10. The van der Waals surface area contributed by atoms with Crippen LogP contribution >= 0.6 is 0 Å². The molecule has 0 radical (unpaired) electrons. The zero-order chi connectivity index (χ0) is 24.3. The predicted molar refractivity (Wildman–Crippen MR) is 145 cm³/mol. The normalized spacial score (nSPS) is 20.6. The Morgan fingerprint density at radius 3 is 2.67 bits per heavy atom. The smallest absolute Gasteiger partial charge is 0.248 e. The molecule has 1 amide bonds. The zero-order valence-corrected chi connectivity index (χ0v) is 19.8. The monoisotopic (exact) mass is 473 g/mol. The molecule has 36 heavy (non-hydrogen) atoms. The number of allylic oxidation sites excluding steroid dienone is 3. The van der Waals surface area contributed by atoms with Crippen LogP contribution in [-0.2, 0) is 4.79 Å². The Kier molecular flexibility index (Phi) is 5.96. The van der Waals surface area contributed by atoms with Crippen LogP contribution in [0.25, 0.3) is 23.1 Å². The highest BCUT2D eigenvalue weighted by atomic mass is 16.5. The molecule has 1 aromatic heterocycles. The molecule has 5 heteroatoms. The topological polar surface area (TPSA) is 67.0 Å². The van der Waals surface area contributed by atoms with E-state index in [0.717, 1.165) is 28.6 Å². The number of hydrogen-bond donors (Lipinski definition) is 2. The van der Waals surface area contributed by atoms with E-state index >= 15 is 0 Å². The average molecular weight is 474 g/mol. The largest absolute Gasteiger partial charge is 0.457 e. The number of amides is 1. The predicted octanol–water partition coefficient (Wildman–Crippen LogP) is 7.23. The summed E-state index contributed by atoms with van der Waals surface area (Å²) in [6, 6.07) is 23.4. The lowest BCUT2D eigenvalue weighted by atomic mass is 9.93. The quantitative estimate of drug-likeness (QED) is 0.220. The van der Waals surface area contributed by atoms with Gasteiger partial charge in [-0.1, -0.05) is 60.7 Å². The molecule has 2 bridgehead atoms. The molecule has 2 aliphatic rings. The van der Waals surface area contributed by atoms with E-state index in [4.69, 9.17) is 4.74 Å². The van der Waals surface area contributed by atoms with Crippen LogP contribution in [-0.4, -0.2) is 16.1 Å². The summed E-state index contributed by atoms with van der Waals surface area (Å²) in [5, 5.41) is 11.5. The van der Waals surface area contributed by atoms with Gasteiger partial charge in [0.05, 0.1) is 11.2 Å². The lowest BCUT2D eigenvalue weighted by Gasteiger charge is -2.13. The summed E-state index contributed by atoms with van der Waals surface area (Å²) in [7, 11) is 0. The minimum atomic E-state index is -0.117. The van der Waals surface area contributed by atoms with Crippen LogP contribution in [0.1, 0.15) is 24.1 Å². The van der Waals surface area contributed by atoms with Gasteiger partial charge >= 0.3 is 0 Å². The summed E-state index contributed by atoms with van der Waals surface area (Å²) < 4.78 is 6.08. The molecule has 2 N–H and O–H groups in total. The summed E-state index contributed by atoms with van der Waals surface area (Å²) in [5.41, 5.74) is 3.59. The minimum absolute atomic E-state index is 0.117. The number of fused-ring (bicyclic) bond motifs is 3. The lowest BCUT2D eigenvalue weighted by molar-refractivity contribution is -0.111. The molecule has 3 aromatic carbocycles. The molecule has 1 heterocycles. The maximum Gasteiger partial charge on any atom is 0.248 e. The number of nitrogens with one attached hydrogen (secondary N) is 2. The zero-order valence-electron chi connectivity index (χ0n) is 19.8. The third-order valence-electron chi connectivity index (χ3n) is 6.96. The minimum Gasteiger partial charge on any atom is -0.457 e. The summed E-state index contributed by atoms with van der Waals surface area (Å²) in [5.74, 6) is 3.00. The van der Waals surface area contributed by atoms with Gasteiger partial charge in [-0.05, 0) is 72.6 Å². The van der Waals surface area contributed by atoms with Gasteiger partial charge in [0.1, 0.15) is 11.5 Å². The standard InChI is InChI=1S/C31H27N3O2/c35-31(16-12-24-18-22-9-11-23(24)17-22)32-25-7-4-8-26(19-25)36-27-13-14-28-29(33-34-30(28)20-27)15-10-21-5-2-1-3-6-21/h1-16,19-20,22-24H,17-18H2,(H,32,35)(H,33,34)/b15-10+,16-12+/t22-,23-,24?/m0/s1. The van der Waals surface area contributed by atoms with Gasteiger partial charge in [-0.2, -0.15) is 5.10 Å². The van der Waals surface area contributed by atoms with Gasteiger partial charge in [0.25, 0.3) is 0 Å². The van der Waals surface area contributed by atoms with Gasteiger partial charge in [-0.3, -0.25) is 9.89 Å². The second kappa shape index (κ2) is 9.70. The number of carbonyl (C=O) groups excluding carboxylic acids is 1. The summed E-state index contributed by atoms with van der Waals surface area (Å²) >= 11 is 0. The SMILES string of the molecule is O=C(/C=C/C1C[C@H]2C=C[C@H]1C2)Nc1cccc(Oc2ccc3c(/C=C/c4ccccc4)n[nH]c3c2)c1. The van der Waals surface area contributed by atoms with Crippen molar-refractivity contribution in [1.82, 2.24) is 10.2 Å². The molecule has 2 aliphatic carbocycles. The molecule has 6 rings (SSSR count). The first-order valence-corrected chi connectivity index (χ1v) is 12.4. The highest BCUT2D eigenvalue weighted by Crippen LogP contribution is 2.44. The fraction of sp³-hybridized carbons (Fsp3) is 0.161. The molecule has 1 unspecified atom stereocenters. The Hall–Kier alpha value is -4.38. The van der Waals surface area contributed by atoms with E-state index in [2.05, 4.69) is 45.9 Å². The van der Waals surface area contributed by atoms with Gasteiger partial charge in [0.2, 0.25) is 5.91 Å². The summed E-state index contributed by atoms with van der Waals surface area (Å²) in [6.07, 6.45) is 14.8. The van der Waals surface area contributed by atoms with Gasteiger partial charge in [-0.25, -0.2) is 0 Å². The Morgan fingerprint density at radius 1 is 0.944 bits per heavy atom. The molecule has 1 fully saturated rings. The van der Waals surface area contributed by atoms with E-state index in [9.17, 15) is 4.79 Å². The number of nitrogens with zero attached hydrogens (tertiary/aromatic N) is 1. The summed E-state index contributed by atoms with van der Waals surface area (Å²) in [4.78, 5) is 12.5. The number of H-pyrrole nitrogens is 1. The van der Waals surface area contributed by atoms with Crippen molar-refractivity contribution in [2.75, 3.05) is 5.32 Å². The van der Waals surface area contributed by atoms with Gasteiger partial charge < -0.3 is 10.1 Å². The van der Waals surface area contributed by atoms with Gasteiger partial charge in [0.15, 0.2) is 0 Å². The molecular formula is C31H27N3O2. The van der Waals surface area contributed by atoms with E-state index in [0.29, 0.717) is 34.9 Å². The number of aromatic amines is 1. The van der Waals surface area contributed by atoms with Crippen LogP contribution in [0.5, 0.6) is 11.5 Å². The van der Waals surface area contributed by atoms with E-state index in [1.165, 1.54) is 6.42 Å². The third kappa shape index (κ3) is 4.86. The molecule has 3 atom stereocenters. The second-order valence-electron chi connectivity index (χ2n) is 9.48. The van der Waals surface area contributed by atoms with Crippen LogP contribution in [0, 0.1) is 17.8 Å². The molecule has 0 aliphatic heterocycles. The van der Waals surface area contributed by atoms with Gasteiger partial charge in [0, 0.05) is 23.2 Å². The highest BCUT2D eigenvalue weighted by molar-refractivity contribution is 5.99. The Labute approximate surface area is 210 Å². The second-order valence-corrected chi connectivity index (χ2v) is 9.48. The van der Waals surface area contributed by atoms with Crippen molar-refractivity contribution >= 4 is 34.6 Å². The van der Waals surface area contributed by atoms with E-state index in [1.807, 2.05) is 72.8 Å². The number of ether oxygens (including phenoxy) is 1. The molecule has 5 nitrogen and oxygen atoms in total. The van der Waals surface area contributed by atoms with Crippen LogP contribution in [0.2, 0.25) is 0 Å². The number of anilines is 1. The fourth-order valence-electron chi connectivity index (χ4n) is 5.16. The van der Waals surface area contributed by atoms with Crippen LogP contribution < -0.4 is 10.1 Å². The number of aromatic nitrogens is 2. The van der Waals surface area contributed by atoms with Crippen molar-refractivity contribution in [1.29, 1.82) is 0 Å². The molecule has 0 spiro atoms. The van der Waals surface area contributed by atoms with Gasteiger partial charge in [-0.15, -0.1) is 0 Å². The fourth-order valence-corrected chi connectivity index (χ4v) is 5.16. The first-order chi connectivity index (χ1) is 17.7. The maximum absolute atomic E-state index is 12.5. The van der Waals surface area contributed by atoms with Crippen LogP contribution in [0.15, 0.2) is 97.1 Å². The average Bonchev–Trinajstić information content (AvgIpc) is 3.63. The number of hydrogen-bond acceptors (Lipinski definition) is 3. The maximum atomic E-state index is 12.5. The molecule has 4 aromatic rings. The Balaban J connectivity index is 1.10. The first-order valence-electron chi connectivity index (χ1n) is 12.4. The van der Waals surface area contributed by atoms with E-state index in [1.54, 1.807) is 6.08 Å². The van der Waals surface area contributed by atoms with E-state index < -0.39 is 0 Å². The molecule has 1 saturated carbocycles. The Bertz CT molecular complexity index is 1480. The van der Waals surface area contributed by atoms with Crippen LogP contribution in [0.3, 0.4) is 0 Å². The summed E-state index contributed by atoms with van der Waals surface area (Å²) in [6.45, 7) is 0. The molecular weight excluding hydrogens is 446 g/mol. The number of rotatable bonds is 7. The van der Waals surface area contributed by atoms with Crippen LogP contribution in [0.4, 0.5) is 5.69 Å². The van der Waals surface area contributed by atoms with Crippen molar-refractivity contribution in [3.05, 3.63) is 108 Å². The first kappa shape index (κ1) is 22.1. The molecule has 178 valence electrons. The van der Waals surface area contributed by atoms with Crippen molar-refractivity contribution in [2.24, 2.45) is 17.8 Å². The van der Waals surface area contributed by atoms with Crippen molar-refractivity contribution in [2.45, 2.75) is 12.8 Å². The Morgan fingerprint density at radius 2 is 1.83 bits per heavy atom. The van der Waals surface area contributed by atoms with Crippen molar-refractivity contribution in [3.8, 4) is 11.5 Å². The highest BCUT2D eigenvalue weighted by Gasteiger charge is 2.33. The number of carbonyl (C=O) groups is 1. The van der Waals surface area contributed by atoms with Crippen molar-refractivity contribution < 1.29 is 9.53 Å². The van der Waals surface area contributed by atoms with Crippen molar-refractivity contribution in [3.63, 3.8) is 0 Å². The third-order valence-corrected chi connectivity index (χ3v) is 6.96. The van der Waals surface area contributed by atoms with E-state index in [-0.39, 0.29) is 5.91 Å².